The normalized spacial score (nSPS) is 10.7. The van der Waals surface area contributed by atoms with E-state index in [0.29, 0.717) is 21.9 Å². The second-order valence-electron chi connectivity index (χ2n) is 7.25. The molecular formula is C25H21N3O4S. The highest BCUT2D eigenvalue weighted by atomic mass is 32.2. The Hall–Kier alpha value is -3.91. The quantitative estimate of drug-likeness (QED) is 0.189. The smallest absolute Gasteiger partial charge is 0.312 e. The van der Waals surface area contributed by atoms with Gasteiger partial charge in [-0.3, -0.25) is 14.9 Å². The maximum atomic E-state index is 12.8. The van der Waals surface area contributed by atoms with Crippen molar-refractivity contribution in [3.63, 3.8) is 0 Å². The van der Waals surface area contributed by atoms with Crippen molar-refractivity contribution in [2.75, 3.05) is 0 Å². The molecule has 166 valence electrons. The predicted octanol–water partition coefficient (Wildman–Crippen LogP) is 5.78. The zero-order valence-electron chi connectivity index (χ0n) is 17.9. The van der Waals surface area contributed by atoms with Gasteiger partial charge in [0, 0.05) is 6.07 Å². The summed E-state index contributed by atoms with van der Waals surface area (Å²) in [6.45, 7) is 1.79. The Morgan fingerprint density at radius 3 is 2.33 bits per heavy atom. The molecule has 1 aromatic heterocycles. The maximum Gasteiger partial charge on any atom is 0.312 e. The summed E-state index contributed by atoms with van der Waals surface area (Å²) in [4.78, 5) is 24.8. The number of aromatic nitrogens is 2. The maximum absolute atomic E-state index is 12.8. The molecule has 3 aromatic carbocycles. The summed E-state index contributed by atoms with van der Waals surface area (Å²) in [5.74, 6) is -0.153. The van der Waals surface area contributed by atoms with Crippen LogP contribution in [0, 0.1) is 17.0 Å². The Morgan fingerprint density at radius 2 is 1.64 bits per heavy atom. The van der Waals surface area contributed by atoms with Crippen LogP contribution in [0.15, 0.2) is 94.7 Å². The molecule has 0 atom stereocenters. The zero-order chi connectivity index (χ0) is 23.2. The average molecular weight is 460 g/mol. The highest BCUT2D eigenvalue weighted by Gasteiger charge is 2.24. The summed E-state index contributed by atoms with van der Waals surface area (Å²) < 4.78 is 7.38. The summed E-state index contributed by atoms with van der Waals surface area (Å²) in [6, 6.07) is 25.5. The molecule has 4 aromatic rings. The molecular weight excluding hydrogens is 438 g/mol. The first-order valence-corrected chi connectivity index (χ1v) is 11.2. The fraction of sp³-hybridized carbons (Fsp3) is 0.120. The van der Waals surface area contributed by atoms with Gasteiger partial charge < -0.3 is 4.74 Å². The average Bonchev–Trinajstić information content (AvgIpc) is 3.14. The summed E-state index contributed by atoms with van der Waals surface area (Å²) in [6.07, 6.45) is 0.739. The standard InChI is InChI=1S/C25H21N3O4S/c1-18-24(33-22-15-9-8-14-21(22)28(30)31)25(27(26-18)20-12-6-3-7-13-20)32-23(29)17-16-19-10-4-2-5-11-19/h2-15H,16-17H2,1H3. The Bertz CT molecular complexity index is 1270. The molecule has 8 heteroatoms. The summed E-state index contributed by atoms with van der Waals surface area (Å²) in [7, 11) is 0. The highest BCUT2D eigenvalue weighted by Crippen LogP contribution is 2.42. The topological polar surface area (TPSA) is 87.3 Å². The van der Waals surface area contributed by atoms with Gasteiger partial charge >= 0.3 is 5.97 Å². The van der Waals surface area contributed by atoms with E-state index in [4.69, 9.17) is 4.74 Å². The van der Waals surface area contributed by atoms with E-state index in [9.17, 15) is 14.9 Å². The molecule has 0 unspecified atom stereocenters. The number of ether oxygens (including phenoxy) is 1. The lowest BCUT2D eigenvalue weighted by Gasteiger charge is -2.10. The number of para-hydroxylation sites is 2. The third kappa shape index (κ3) is 5.30. The number of nitro groups is 1. The second kappa shape index (κ2) is 10.1. The number of aryl methyl sites for hydroxylation is 2. The third-order valence-electron chi connectivity index (χ3n) is 4.91. The van der Waals surface area contributed by atoms with Crippen molar-refractivity contribution in [1.29, 1.82) is 0 Å². The monoisotopic (exact) mass is 459 g/mol. The molecule has 0 saturated heterocycles. The molecule has 0 fully saturated rings. The Morgan fingerprint density at radius 1 is 1.00 bits per heavy atom. The zero-order valence-corrected chi connectivity index (χ0v) is 18.7. The predicted molar refractivity (Wildman–Crippen MR) is 126 cm³/mol. The van der Waals surface area contributed by atoms with E-state index in [0.717, 1.165) is 11.3 Å². The van der Waals surface area contributed by atoms with Gasteiger partial charge in [-0.25, -0.2) is 0 Å². The van der Waals surface area contributed by atoms with Crippen LogP contribution in [0.1, 0.15) is 17.7 Å². The summed E-state index contributed by atoms with van der Waals surface area (Å²) >= 11 is 1.17. The number of benzene rings is 3. The molecule has 1 heterocycles. The van der Waals surface area contributed by atoms with E-state index >= 15 is 0 Å². The minimum Gasteiger partial charge on any atom is -0.406 e. The largest absolute Gasteiger partial charge is 0.406 e. The first-order chi connectivity index (χ1) is 16.0. The molecule has 0 spiro atoms. The van der Waals surface area contributed by atoms with Crippen LogP contribution >= 0.6 is 11.8 Å². The Kier molecular flexibility index (Phi) is 6.85. The number of hydrogen-bond acceptors (Lipinski definition) is 6. The minimum atomic E-state index is -0.426. The van der Waals surface area contributed by atoms with Crippen molar-refractivity contribution in [2.24, 2.45) is 0 Å². The number of rotatable bonds is 8. The van der Waals surface area contributed by atoms with E-state index < -0.39 is 10.9 Å². The van der Waals surface area contributed by atoms with Gasteiger partial charge in [0.15, 0.2) is 0 Å². The van der Waals surface area contributed by atoms with Gasteiger partial charge in [-0.2, -0.15) is 9.78 Å². The van der Waals surface area contributed by atoms with Crippen molar-refractivity contribution < 1.29 is 14.5 Å². The van der Waals surface area contributed by atoms with Crippen LogP contribution in [0.2, 0.25) is 0 Å². The number of esters is 1. The first kappa shape index (κ1) is 22.3. The van der Waals surface area contributed by atoms with Crippen LogP contribution in [-0.2, 0) is 11.2 Å². The fourth-order valence-corrected chi connectivity index (χ4v) is 4.31. The number of nitrogens with zero attached hydrogens (tertiary/aromatic N) is 3. The molecule has 0 amide bonds. The van der Waals surface area contributed by atoms with E-state index in [2.05, 4.69) is 5.10 Å². The van der Waals surface area contributed by atoms with Crippen LogP contribution in [0.5, 0.6) is 5.88 Å². The lowest BCUT2D eigenvalue weighted by atomic mass is 10.1. The fourth-order valence-electron chi connectivity index (χ4n) is 3.30. The van der Waals surface area contributed by atoms with Gasteiger partial charge in [0.05, 0.1) is 32.5 Å². The Balaban J connectivity index is 1.67. The SMILES string of the molecule is Cc1nn(-c2ccccc2)c(OC(=O)CCc2ccccc2)c1Sc1ccccc1[N+](=O)[O-]. The minimum absolute atomic E-state index is 0.0179. The molecule has 0 aliphatic heterocycles. The summed E-state index contributed by atoms with van der Waals surface area (Å²) in [5, 5.41) is 16.1. The number of hydrogen-bond donors (Lipinski definition) is 0. The van der Waals surface area contributed by atoms with Crippen LogP contribution in [0.3, 0.4) is 0 Å². The first-order valence-electron chi connectivity index (χ1n) is 10.3. The van der Waals surface area contributed by atoms with Crippen LogP contribution in [-0.4, -0.2) is 20.7 Å². The highest BCUT2D eigenvalue weighted by molar-refractivity contribution is 7.99. The van der Waals surface area contributed by atoms with E-state index in [-0.39, 0.29) is 18.0 Å². The molecule has 0 saturated carbocycles. The molecule has 0 aliphatic rings. The van der Waals surface area contributed by atoms with Crippen LogP contribution < -0.4 is 4.74 Å². The van der Waals surface area contributed by atoms with Crippen molar-refractivity contribution >= 4 is 23.4 Å². The van der Waals surface area contributed by atoms with Crippen molar-refractivity contribution in [3.05, 3.63) is 106 Å². The van der Waals surface area contributed by atoms with Gasteiger partial charge in [0.2, 0.25) is 5.88 Å². The van der Waals surface area contributed by atoms with E-state index in [1.54, 1.807) is 29.8 Å². The summed E-state index contributed by atoms with van der Waals surface area (Å²) in [5.41, 5.74) is 2.35. The van der Waals surface area contributed by atoms with Crippen LogP contribution in [0.25, 0.3) is 5.69 Å². The third-order valence-corrected chi connectivity index (χ3v) is 6.15. The molecule has 0 bridgehead atoms. The van der Waals surface area contributed by atoms with Gasteiger partial charge in [-0.1, -0.05) is 72.4 Å². The van der Waals surface area contributed by atoms with Gasteiger partial charge in [-0.05, 0) is 37.1 Å². The van der Waals surface area contributed by atoms with Crippen LogP contribution in [0.4, 0.5) is 5.69 Å². The van der Waals surface area contributed by atoms with Crippen molar-refractivity contribution in [2.45, 2.75) is 29.6 Å². The Labute approximate surface area is 195 Å². The number of carbonyl (C=O) groups excluding carboxylic acids is 1. The van der Waals surface area contributed by atoms with Gasteiger partial charge in [0.1, 0.15) is 0 Å². The molecule has 0 N–H and O–H groups in total. The lowest BCUT2D eigenvalue weighted by Crippen LogP contribution is -2.12. The van der Waals surface area contributed by atoms with Crippen molar-refractivity contribution in [1.82, 2.24) is 9.78 Å². The molecule has 33 heavy (non-hydrogen) atoms. The number of nitro benzene ring substituents is 1. The van der Waals surface area contributed by atoms with E-state index in [1.807, 2.05) is 60.7 Å². The molecule has 0 aliphatic carbocycles. The molecule has 0 radical (unpaired) electrons. The van der Waals surface area contributed by atoms with Crippen molar-refractivity contribution in [3.8, 4) is 11.6 Å². The number of carbonyl (C=O) groups is 1. The van der Waals surface area contributed by atoms with Gasteiger partial charge in [0.25, 0.3) is 5.69 Å². The second-order valence-corrected chi connectivity index (χ2v) is 8.31. The molecule has 7 nitrogen and oxygen atoms in total. The molecule has 4 rings (SSSR count). The lowest BCUT2D eigenvalue weighted by molar-refractivity contribution is -0.387. The van der Waals surface area contributed by atoms with E-state index in [1.165, 1.54) is 17.8 Å². The van der Waals surface area contributed by atoms with Gasteiger partial charge in [-0.15, -0.1) is 0 Å².